The van der Waals surface area contributed by atoms with Gasteiger partial charge in [0.05, 0.1) is 0 Å². The Morgan fingerprint density at radius 1 is 1.56 bits per heavy atom. The highest BCUT2D eigenvalue weighted by Crippen LogP contribution is 2.19. The molecule has 0 aliphatic carbocycles. The van der Waals surface area contributed by atoms with Crippen LogP contribution < -0.4 is 0 Å². The Labute approximate surface area is 69.4 Å². The minimum absolute atomic E-state index is 1.14. The molecule has 9 heavy (non-hydrogen) atoms. The van der Waals surface area contributed by atoms with Crippen molar-refractivity contribution in [1.29, 1.82) is 0 Å². The van der Waals surface area contributed by atoms with Crippen LogP contribution in [0.25, 0.3) is 0 Å². The van der Waals surface area contributed by atoms with Gasteiger partial charge in [0.2, 0.25) is 0 Å². The Hall–Kier alpha value is 0.790. The minimum atomic E-state index is 1.14. The van der Waals surface area contributed by atoms with Crippen molar-refractivity contribution in [3.8, 4) is 0 Å². The lowest BCUT2D eigenvalue weighted by Gasteiger charge is -2.10. The van der Waals surface area contributed by atoms with Crippen molar-refractivity contribution in [2.45, 2.75) is 12.8 Å². The highest BCUT2D eigenvalue weighted by molar-refractivity contribution is 9.09. The molecule has 0 spiro atoms. The Morgan fingerprint density at radius 3 is 3.00 bits per heavy atom. The van der Waals surface area contributed by atoms with Crippen LogP contribution in [0.1, 0.15) is 12.8 Å². The van der Waals surface area contributed by atoms with Crippen LogP contribution in [-0.4, -0.2) is 28.5 Å². The van der Waals surface area contributed by atoms with Crippen molar-refractivity contribution < 1.29 is 0 Å². The van der Waals surface area contributed by atoms with Gasteiger partial charge in [0, 0.05) is 24.2 Å². The monoisotopic (exact) mass is 209 g/mol. The van der Waals surface area contributed by atoms with Gasteiger partial charge < -0.3 is 0 Å². The first-order valence-corrected chi connectivity index (χ1v) is 5.43. The summed E-state index contributed by atoms with van der Waals surface area (Å²) in [6.45, 7) is 2.56. The van der Waals surface area contributed by atoms with Crippen molar-refractivity contribution in [1.82, 2.24) is 4.31 Å². The first-order valence-electron chi connectivity index (χ1n) is 3.37. The summed E-state index contributed by atoms with van der Waals surface area (Å²) >= 11 is 5.42. The number of nitrogens with zero attached hydrogens (tertiary/aromatic N) is 1. The summed E-state index contributed by atoms with van der Waals surface area (Å²) in [7, 11) is 0. The predicted octanol–water partition coefficient (Wildman–Crippen LogP) is 2.13. The summed E-state index contributed by atoms with van der Waals surface area (Å²) in [5.74, 6) is 1.34. The van der Waals surface area contributed by atoms with E-state index in [1.54, 1.807) is 0 Å². The zero-order valence-corrected chi connectivity index (χ0v) is 7.88. The molecule has 1 fully saturated rings. The number of hydrogen-bond donors (Lipinski definition) is 0. The van der Waals surface area contributed by atoms with E-state index in [1.165, 1.54) is 31.7 Å². The third-order valence-corrected chi connectivity index (χ3v) is 3.13. The normalized spacial score (nSPS) is 21.0. The van der Waals surface area contributed by atoms with Gasteiger partial charge in [-0.3, -0.25) is 4.31 Å². The van der Waals surface area contributed by atoms with Crippen molar-refractivity contribution >= 4 is 27.9 Å². The highest BCUT2D eigenvalue weighted by atomic mass is 79.9. The number of halogens is 1. The van der Waals surface area contributed by atoms with E-state index < -0.39 is 0 Å². The van der Waals surface area contributed by atoms with Crippen molar-refractivity contribution in [2.75, 3.05) is 24.2 Å². The van der Waals surface area contributed by atoms with Gasteiger partial charge in [0.1, 0.15) is 0 Å². The molecule has 1 aliphatic rings. The Bertz CT molecular complexity index is 73.5. The molecule has 3 heteroatoms. The Morgan fingerprint density at radius 2 is 2.44 bits per heavy atom. The fourth-order valence-electron chi connectivity index (χ4n) is 0.912. The van der Waals surface area contributed by atoms with E-state index in [9.17, 15) is 0 Å². The molecule has 0 aromatic heterocycles. The second-order valence-corrected chi connectivity index (χ2v) is 4.13. The molecule has 0 unspecified atom stereocenters. The molecule has 1 rings (SSSR count). The van der Waals surface area contributed by atoms with Crippen LogP contribution in [-0.2, 0) is 0 Å². The second kappa shape index (κ2) is 4.58. The molecular weight excluding hydrogens is 198 g/mol. The van der Waals surface area contributed by atoms with E-state index in [0.29, 0.717) is 0 Å². The smallest absolute Gasteiger partial charge is 0.00976 e. The Balaban J connectivity index is 1.98. The molecule has 1 heterocycles. The zero-order valence-electron chi connectivity index (χ0n) is 5.48. The van der Waals surface area contributed by atoms with Gasteiger partial charge in [0.25, 0.3) is 0 Å². The van der Waals surface area contributed by atoms with Gasteiger partial charge in [-0.2, -0.15) is 0 Å². The van der Waals surface area contributed by atoms with Crippen LogP contribution in [0.3, 0.4) is 0 Å². The van der Waals surface area contributed by atoms with Crippen LogP contribution in [0.2, 0.25) is 0 Å². The molecule has 0 aromatic carbocycles. The molecule has 0 atom stereocenters. The van der Waals surface area contributed by atoms with E-state index in [-0.39, 0.29) is 0 Å². The SMILES string of the molecule is BrCCCN1CCCS1. The molecule has 54 valence electrons. The lowest BCUT2D eigenvalue weighted by molar-refractivity contribution is 0.496. The summed E-state index contributed by atoms with van der Waals surface area (Å²) in [5.41, 5.74) is 0. The molecule has 0 radical (unpaired) electrons. The molecule has 0 amide bonds. The standard InChI is InChI=1S/C6H12BrNS/c7-3-1-4-8-5-2-6-9-8/h1-6H2. The second-order valence-electron chi connectivity index (χ2n) is 2.16. The molecule has 0 N–H and O–H groups in total. The molecule has 1 nitrogen and oxygen atoms in total. The van der Waals surface area contributed by atoms with Gasteiger partial charge in [-0.1, -0.05) is 27.9 Å². The largest absolute Gasteiger partial charge is 0.251 e. The van der Waals surface area contributed by atoms with Gasteiger partial charge in [-0.05, 0) is 12.8 Å². The fraction of sp³-hybridized carbons (Fsp3) is 1.00. The van der Waals surface area contributed by atoms with Crippen molar-refractivity contribution in [2.24, 2.45) is 0 Å². The molecule has 0 bridgehead atoms. The zero-order chi connectivity index (χ0) is 6.53. The summed E-state index contributed by atoms with van der Waals surface area (Å²) < 4.78 is 2.46. The van der Waals surface area contributed by atoms with Crippen LogP contribution in [0.15, 0.2) is 0 Å². The van der Waals surface area contributed by atoms with Crippen LogP contribution in [0.4, 0.5) is 0 Å². The number of hydrogen-bond acceptors (Lipinski definition) is 2. The third-order valence-electron chi connectivity index (χ3n) is 1.37. The maximum absolute atomic E-state index is 3.42. The van der Waals surface area contributed by atoms with E-state index >= 15 is 0 Å². The summed E-state index contributed by atoms with van der Waals surface area (Å²) in [6.07, 6.45) is 2.67. The molecule has 1 saturated heterocycles. The van der Waals surface area contributed by atoms with E-state index in [4.69, 9.17) is 0 Å². The van der Waals surface area contributed by atoms with Gasteiger partial charge in [-0.25, -0.2) is 0 Å². The predicted molar refractivity (Wildman–Crippen MR) is 47.1 cm³/mol. The van der Waals surface area contributed by atoms with E-state index in [2.05, 4.69) is 20.2 Å². The van der Waals surface area contributed by atoms with Gasteiger partial charge >= 0.3 is 0 Å². The van der Waals surface area contributed by atoms with E-state index in [0.717, 1.165) is 5.33 Å². The summed E-state index contributed by atoms with van der Waals surface area (Å²) in [4.78, 5) is 0. The quantitative estimate of drug-likeness (QED) is 0.518. The lowest BCUT2D eigenvalue weighted by atomic mass is 10.4. The summed E-state index contributed by atoms with van der Waals surface area (Å²) in [6, 6.07) is 0. The molecular formula is C6H12BrNS. The van der Waals surface area contributed by atoms with Crippen molar-refractivity contribution in [3.63, 3.8) is 0 Å². The maximum Gasteiger partial charge on any atom is 0.00976 e. The number of rotatable bonds is 3. The topological polar surface area (TPSA) is 3.24 Å². The number of alkyl halides is 1. The summed E-state index contributed by atoms with van der Waals surface area (Å²) in [5, 5.41) is 1.14. The highest BCUT2D eigenvalue weighted by Gasteiger charge is 2.10. The molecule has 0 saturated carbocycles. The van der Waals surface area contributed by atoms with Crippen LogP contribution >= 0.6 is 27.9 Å². The van der Waals surface area contributed by atoms with Crippen LogP contribution in [0, 0.1) is 0 Å². The van der Waals surface area contributed by atoms with Gasteiger partial charge in [0.15, 0.2) is 0 Å². The van der Waals surface area contributed by atoms with Gasteiger partial charge in [-0.15, -0.1) is 0 Å². The maximum atomic E-state index is 3.42. The first-order chi connectivity index (χ1) is 4.43. The fourth-order valence-corrected chi connectivity index (χ4v) is 2.20. The van der Waals surface area contributed by atoms with Crippen molar-refractivity contribution in [3.05, 3.63) is 0 Å². The molecule has 1 aliphatic heterocycles. The average molecular weight is 210 g/mol. The average Bonchev–Trinajstić information content (AvgIpc) is 2.34. The Kier molecular flexibility index (Phi) is 4.02. The third kappa shape index (κ3) is 2.92. The minimum Gasteiger partial charge on any atom is -0.251 e. The van der Waals surface area contributed by atoms with Crippen LogP contribution in [0.5, 0.6) is 0 Å². The molecule has 0 aromatic rings. The first kappa shape index (κ1) is 7.89. The lowest BCUT2D eigenvalue weighted by Crippen LogP contribution is -2.12. The van der Waals surface area contributed by atoms with E-state index in [1.807, 2.05) is 11.9 Å².